The van der Waals surface area contributed by atoms with Gasteiger partial charge in [0, 0.05) is 5.92 Å². The van der Waals surface area contributed by atoms with E-state index in [1.54, 1.807) is 5.56 Å². The van der Waals surface area contributed by atoms with Crippen molar-refractivity contribution in [2.24, 2.45) is 23.7 Å². The summed E-state index contributed by atoms with van der Waals surface area (Å²) in [5.41, 5.74) is 1.54. The average Bonchev–Trinajstić information content (AvgIpc) is 3.03. The maximum atomic E-state index is 2.53. The van der Waals surface area contributed by atoms with Crippen LogP contribution in [0.2, 0.25) is 0 Å². The fourth-order valence-electron chi connectivity index (χ4n) is 4.58. The van der Waals surface area contributed by atoms with Crippen molar-refractivity contribution in [2.45, 2.75) is 25.2 Å². The third kappa shape index (κ3) is 1.10. The lowest BCUT2D eigenvalue weighted by atomic mass is 9.75. The van der Waals surface area contributed by atoms with Crippen LogP contribution in [0.4, 0.5) is 0 Å². The van der Waals surface area contributed by atoms with Gasteiger partial charge in [-0.2, -0.15) is 0 Å². The molecule has 0 N–H and O–H groups in total. The molecule has 0 nitrogen and oxygen atoms in total. The zero-order valence-corrected chi connectivity index (χ0v) is 9.55. The van der Waals surface area contributed by atoms with Gasteiger partial charge < -0.3 is 0 Å². The third-order valence-corrected chi connectivity index (χ3v) is 5.19. The van der Waals surface area contributed by atoms with Crippen LogP contribution in [0, 0.1) is 23.7 Å². The fraction of sp³-hybridized carbons (Fsp3) is 0.500. The molecule has 0 saturated heterocycles. The summed E-state index contributed by atoms with van der Waals surface area (Å²) in [6.07, 6.45) is 9.54. The van der Waals surface area contributed by atoms with Gasteiger partial charge in [-0.05, 0) is 48.5 Å². The minimum atomic E-state index is 0.724. The molecule has 1 aromatic rings. The summed E-state index contributed by atoms with van der Waals surface area (Å²) < 4.78 is 0. The third-order valence-electron chi connectivity index (χ3n) is 5.19. The van der Waals surface area contributed by atoms with E-state index in [4.69, 9.17) is 0 Å². The van der Waals surface area contributed by atoms with E-state index in [0.29, 0.717) is 0 Å². The van der Waals surface area contributed by atoms with Gasteiger partial charge in [-0.1, -0.05) is 42.5 Å². The molecule has 0 aliphatic heterocycles. The molecule has 3 aliphatic rings. The van der Waals surface area contributed by atoms with Gasteiger partial charge in [0.05, 0.1) is 0 Å². The minimum absolute atomic E-state index is 0.724. The van der Waals surface area contributed by atoms with Crippen LogP contribution >= 0.6 is 0 Å². The van der Waals surface area contributed by atoms with E-state index in [0.717, 1.165) is 29.6 Å². The summed E-state index contributed by atoms with van der Waals surface area (Å²) in [5, 5.41) is 0. The van der Waals surface area contributed by atoms with Gasteiger partial charge in [0.15, 0.2) is 0 Å². The van der Waals surface area contributed by atoms with Crippen LogP contribution in [0.25, 0.3) is 0 Å². The molecular formula is C16H18. The second-order valence-electron chi connectivity index (χ2n) is 5.81. The van der Waals surface area contributed by atoms with E-state index in [-0.39, 0.29) is 0 Å². The van der Waals surface area contributed by atoms with Crippen molar-refractivity contribution in [1.82, 2.24) is 0 Å². The first kappa shape index (κ1) is 9.04. The molecule has 0 spiro atoms. The molecule has 0 amide bonds. The van der Waals surface area contributed by atoms with Crippen molar-refractivity contribution in [3.05, 3.63) is 48.0 Å². The van der Waals surface area contributed by atoms with Crippen LogP contribution < -0.4 is 0 Å². The molecule has 2 bridgehead atoms. The SMILES string of the molecule is C1=C[C@@H](c2ccccc2)[C@@H]2[C@@H]3CC[C@@H](C3)[C@H]12. The molecule has 1 aromatic carbocycles. The van der Waals surface area contributed by atoms with Crippen LogP contribution in [-0.4, -0.2) is 0 Å². The second-order valence-corrected chi connectivity index (χ2v) is 5.81. The molecule has 0 heteroatoms. The fourth-order valence-corrected chi connectivity index (χ4v) is 4.58. The van der Waals surface area contributed by atoms with Gasteiger partial charge in [-0.15, -0.1) is 0 Å². The lowest BCUT2D eigenvalue weighted by Gasteiger charge is -2.29. The Hall–Kier alpha value is -1.04. The van der Waals surface area contributed by atoms with E-state index < -0.39 is 0 Å². The zero-order chi connectivity index (χ0) is 10.5. The molecule has 4 rings (SSSR count). The van der Waals surface area contributed by atoms with Crippen molar-refractivity contribution in [2.75, 3.05) is 0 Å². The highest BCUT2D eigenvalue weighted by atomic mass is 14.6. The minimum Gasteiger partial charge on any atom is -0.0842 e. The first-order chi connectivity index (χ1) is 7.93. The highest BCUT2D eigenvalue weighted by molar-refractivity contribution is 5.31. The highest BCUT2D eigenvalue weighted by Gasteiger charge is 2.51. The predicted octanol–water partition coefficient (Wildman–Crippen LogP) is 4.00. The maximum Gasteiger partial charge on any atom is 0.00547 e. The molecule has 0 unspecified atom stereocenters. The Morgan fingerprint density at radius 2 is 1.69 bits per heavy atom. The summed E-state index contributed by atoms with van der Waals surface area (Å²) in [5.74, 6) is 4.64. The Labute approximate surface area is 97.4 Å². The Morgan fingerprint density at radius 1 is 0.875 bits per heavy atom. The molecule has 2 saturated carbocycles. The van der Waals surface area contributed by atoms with E-state index in [9.17, 15) is 0 Å². The molecule has 0 radical (unpaired) electrons. The van der Waals surface area contributed by atoms with Gasteiger partial charge in [-0.25, -0.2) is 0 Å². The average molecular weight is 210 g/mol. The van der Waals surface area contributed by atoms with Gasteiger partial charge in [-0.3, -0.25) is 0 Å². The van der Waals surface area contributed by atoms with Gasteiger partial charge in [0.1, 0.15) is 0 Å². The Morgan fingerprint density at radius 3 is 2.56 bits per heavy atom. The molecule has 0 heterocycles. The molecule has 0 aromatic heterocycles. The Kier molecular flexibility index (Phi) is 1.82. The summed E-state index contributed by atoms with van der Waals surface area (Å²) >= 11 is 0. The molecule has 2 fully saturated rings. The van der Waals surface area contributed by atoms with Crippen LogP contribution in [0.1, 0.15) is 30.7 Å². The second kappa shape index (κ2) is 3.23. The lowest BCUT2D eigenvalue weighted by Crippen LogP contribution is -2.21. The first-order valence-electron chi connectivity index (χ1n) is 6.67. The topological polar surface area (TPSA) is 0 Å². The van der Waals surface area contributed by atoms with Crippen LogP contribution in [-0.2, 0) is 0 Å². The summed E-state index contributed by atoms with van der Waals surface area (Å²) in [6.45, 7) is 0. The van der Waals surface area contributed by atoms with Crippen molar-refractivity contribution in [3.63, 3.8) is 0 Å². The Bertz CT molecular complexity index is 417. The van der Waals surface area contributed by atoms with Crippen molar-refractivity contribution >= 4 is 0 Å². The van der Waals surface area contributed by atoms with Crippen LogP contribution in [0.5, 0.6) is 0 Å². The largest absolute Gasteiger partial charge is 0.0842 e. The molecule has 5 atom stereocenters. The molecular weight excluding hydrogens is 192 g/mol. The lowest BCUT2D eigenvalue weighted by molar-refractivity contribution is 0.263. The van der Waals surface area contributed by atoms with Gasteiger partial charge >= 0.3 is 0 Å². The standard InChI is InChI=1S/C16H18/c1-2-4-11(5-3-1)14-8-9-15-12-6-7-13(10-12)16(14)15/h1-5,8-9,12-16H,6-7,10H2/t12-,13+,14-,15-,16-/m0/s1. The van der Waals surface area contributed by atoms with Crippen molar-refractivity contribution in [1.29, 1.82) is 0 Å². The van der Waals surface area contributed by atoms with Gasteiger partial charge in [0.2, 0.25) is 0 Å². The maximum absolute atomic E-state index is 2.53. The predicted molar refractivity (Wildman–Crippen MR) is 66.1 cm³/mol. The summed E-state index contributed by atoms with van der Waals surface area (Å²) in [6, 6.07) is 11.1. The molecule has 3 aliphatic carbocycles. The summed E-state index contributed by atoms with van der Waals surface area (Å²) in [7, 11) is 0. The van der Waals surface area contributed by atoms with E-state index in [2.05, 4.69) is 42.5 Å². The van der Waals surface area contributed by atoms with Gasteiger partial charge in [0.25, 0.3) is 0 Å². The van der Waals surface area contributed by atoms with Crippen molar-refractivity contribution < 1.29 is 0 Å². The van der Waals surface area contributed by atoms with E-state index in [1.165, 1.54) is 19.3 Å². The number of hydrogen-bond donors (Lipinski definition) is 0. The number of hydrogen-bond acceptors (Lipinski definition) is 0. The van der Waals surface area contributed by atoms with E-state index >= 15 is 0 Å². The Balaban J connectivity index is 1.70. The number of benzene rings is 1. The number of rotatable bonds is 1. The van der Waals surface area contributed by atoms with Crippen LogP contribution in [0.3, 0.4) is 0 Å². The highest BCUT2D eigenvalue weighted by Crippen LogP contribution is 2.60. The monoisotopic (exact) mass is 210 g/mol. The van der Waals surface area contributed by atoms with Crippen molar-refractivity contribution in [3.8, 4) is 0 Å². The van der Waals surface area contributed by atoms with Crippen LogP contribution in [0.15, 0.2) is 42.5 Å². The quantitative estimate of drug-likeness (QED) is 0.614. The summed E-state index contributed by atoms with van der Waals surface area (Å²) in [4.78, 5) is 0. The molecule has 16 heavy (non-hydrogen) atoms. The first-order valence-corrected chi connectivity index (χ1v) is 6.67. The number of fused-ring (bicyclic) bond motifs is 5. The zero-order valence-electron chi connectivity index (χ0n) is 9.55. The number of allylic oxidation sites excluding steroid dienone is 2. The van der Waals surface area contributed by atoms with E-state index in [1.807, 2.05) is 0 Å². The normalized spacial score (nSPS) is 43.9. The molecule has 82 valence electrons. The smallest absolute Gasteiger partial charge is 0.00547 e.